The monoisotopic (exact) mass is 534 g/mol. The molecule has 2 heterocycles. The third-order valence-electron chi connectivity index (χ3n) is 6.22. The fraction of sp³-hybridized carbons (Fsp3) is 0.480. The Balaban J connectivity index is 1.86. The molecule has 0 radical (unpaired) electrons. The molecule has 3 rings (SSSR count). The number of benzene rings is 1. The summed E-state index contributed by atoms with van der Waals surface area (Å²) < 4.78 is 27.4. The number of rotatable bonds is 9. The van der Waals surface area contributed by atoms with Crippen molar-refractivity contribution in [2.45, 2.75) is 51.5 Å². The second-order valence-electron chi connectivity index (χ2n) is 8.93. The number of sulfonamides is 1. The van der Waals surface area contributed by atoms with Crippen LogP contribution in [0.4, 0.5) is 5.00 Å². The zero-order valence-corrected chi connectivity index (χ0v) is 23.1. The van der Waals surface area contributed by atoms with Crippen LogP contribution in [0.25, 0.3) is 0 Å². The van der Waals surface area contributed by atoms with Gasteiger partial charge >= 0.3 is 0 Å². The van der Waals surface area contributed by atoms with Crippen LogP contribution in [-0.4, -0.2) is 74.0 Å². The Labute approximate surface area is 217 Å². The smallest absolute Gasteiger partial charge is 0.256 e. The molecule has 0 bridgehead atoms. The predicted octanol–water partition coefficient (Wildman–Crippen LogP) is 3.42. The Bertz CT molecular complexity index is 1240. The number of fused-ring (bicyclic) bond motifs is 1. The summed E-state index contributed by atoms with van der Waals surface area (Å²) in [5, 5.41) is 3.29. The first-order valence-electron chi connectivity index (χ1n) is 12.0. The second kappa shape index (κ2) is 11.5. The Morgan fingerprint density at radius 3 is 2.33 bits per heavy atom. The van der Waals surface area contributed by atoms with E-state index >= 15 is 0 Å². The normalized spacial score (nSPS) is 13.4. The minimum Gasteiger partial charge on any atom is -0.345 e. The Hall–Kier alpha value is -2.76. The van der Waals surface area contributed by atoms with E-state index in [0.29, 0.717) is 43.2 Å². The molecule has 0 atom stereocenters. The van der Waals surface area contributed by atoms with E-state index in [1.165, 1.54) is 51.7 Å². The number of amides is 3. The van der Waals surface area contributed by atoms with E-state index in [1.54, 1.807) is 25.9 Å². The number of hydrogen-bond donors (Lipinski definition) is 1. The first kappa shape index (κ1) is 27.8. The van der Waals surface area contributed by atoms with Crippen molar-refractivity contribution >= 4 is 44.1 Å². The van der Waals surface area contributed by atoms with Crippen LogP contribution in [0.5, 0.6) is 0 Å². The summed E-state index contributed by atoms with van der Waals surface area (Å²) in [5.41, 5.74) is 1.59. The molecule has 1 aliphatic heterocycles. The standard InChI is InChI=1S/C25H34N4O5S2/c1-6-8-14-29(7-2)36(33,34)19-11-9-18(10-12-19)23(31)26-24-22(25(32)27(4)5)20-13-15-28(17(3)30)16-21(20)35-24/h9-12H,6-8,13-16H2,1-5H3,(H,26,31). The highest BCUT2D eigenvalue weighted by Crippen LogP contribution is 2.38. The number of nitrogens with one attached hydrogen (secondary N) is 1. The van der Waals surface area contributed by atoms with Crippen molar-refractivity contribution in [2.24, 2.45) is 0 Å². The number of thiophene rings is 1. The quantitative estimate of drug-likeness (QED) is 0.531. The first-order chi connectivity index (χ1) is 17.0. The summed E-state index contributed by atoms with van der Waals surface area (Å²) in [5.74, 6) is -0.689. The zero-order chi connectivity index (χ0) is 26.6. The van der Waals surface area contributed by atoms with Crippen LogP contribution in [0.1, 0.15) is 64.8 Å². The summed E-state index contributed by atoms with van der Waals surface area (Å²) in [6.07, 6.45) is 2.20. The van der Waals surface area contributed by atoms with Crippen molar-refractivity contribution in [3.05, 3.63) is 45.8 Å². The summed E-state index contributed by atoms with van der Waals surface area (Å²) in [4.78, 5) is 42.1. The molecule has 9 nitrogen and oxygen atoms in total. The lowest BCUT2D eigenvalue weighted by Crippen LogP contribution is -2.34. The molecule has 1 aliphatic rings. The number of hydrogen-bond acceptors (Lipinski definition) is 6. The van der Waals surface area contributed by atoms with Crippen molar-refractivity contribution in [1.82, 2.24) is 14.1 Å². The van der Waals surface area contributed by atoms with E-state index in [1.807, 2.05) is 6.92 Å². The molecular weight excluding hydrogens is 500 g/mol. The summed E-state index contributed by atoms with van der Waals surface area (Å²) >= 11 is 1.30. The average Bonchev–Trinajstić information content (AvgIpc) is 3.20. The molecule has 0 saturated heterocycles. The van der Waals surface area contributed by atoms with E-state index in [4.69, 9.17) is 0 Å². The second-order valence-corrected chi connectivity index (χ2v) is 12.0. The van der Waals surface area contributed by atoms with Gasteiger partial charge in [0, 0.05) is 51.1 Å². The van der Waals surface area contributed by atoms with Crippen molar-refractivity contribution < 1.29 is 22.8 Å². The molecule has 1 aromatic heterocycles. The minimum atomic E-state index is -3.65. The fourth-order valence-electron chi connectivity index (χ4n) is 4.10. The van der Waals surface area contributed by atoms with Gasteiger partial charge in [0.2, 0.25) is 15.9 Å². The minimum absolute atomic E-state index is 0.0357. The van der Waals surface area contributed by atoms with Gasteiger partial charge < -0.3 is 15.1 Å². The van der Waals surface area contributed by atoms with Crippen molar-refractivity contribution in [3.63, 3.8) is 0 Å². The zero-order valence-electron chi connectivity index (χ0n) is 21.5. The first-order valence-corrected chi connectivity index (χ1v) is 14.3. The lowest BCUT2D eigenvalue weighted by Gasteiger charge is -2.26. The van der Waals surface area contributed by atoms with E-state index in [9.17, 15) is 22.8 Å². The van der Waals surface area contributed by atoms with Crippen LogP contribution in [0.15, 0.2) is 29.2 Å². The molecule has 0 unspecified atom stereocenters. The average molecular weight is 535 g/mol. The van der Waals surface area contributed by atoms with Gasteiger partial charge in [-0.15, -0.1) is 11.3 Å². The number of anilines is 1. The third kappa shape index (κ3) is 5.79. The van der Waals surface area contributed by atoms with Gasteiger partial charge in [0.15, 0.2) is 0 Å². The van der Waals surface area contributed by atoms with Crippen LogP contribution < -0.4 is 5.32 Å². The van der Waals surface area contributed by atoms with Crippen LogP contribution in [0.3, 0.4) is 0 Å². The highest BCUT2D eigenvalue weighted by Gasteiger charge is 2.30. The van der Waals surface area contributed by atoms with Gasteiger partial charge in [-0.05, 0) is 42.7 Å². The fourth-order valence-corrected chi connectivity index (χ4v) is 6.83. The Morgan fingerprint density at radius 2 is 1.78 bits per heavy atom. The molecule has 0 saturated carbocycles. The topological polar surface area (TPSA) is 107 Å². The highest BCUT2D eigenvalue weighted by molar-refractivity contribution is 7.89. The van der Waals surface area contributed by atoms with Gasteiger partial charge in [-0.3, -0.25) is 14.4 Å². The molecular formula is C25H34N4O5S2. The van der Waals surface area contributed by atoms with Gasteiger partial charge in [0.05, 0.1) is 17.0 Å². The number of carbonyl (C=O) groups is 3. The number of nitrogens with zero attached hydrogens (tertiary/aromatic N) is 3. The lowest BCUT2D eigenvalue weighted by atomic mass is 10.0. The van der Waals surface area contributed by atoms with Crippen LogP contribution in [0.2, 0.25) is 0 Å². The summed E-state index contributed by atoms with van der Waals surface area (Å²) in [7, 11) is -0.336. The molecule has 11 heteroatoms. The van der Waals surface area contributed by atoms with Crippen molar-refractivity contribution in [3.8, 4) is 0 Å². The van der Waals surface area contributed by atoms with E-state index in [2.05, 4.69) is 5.32 Å². The largest absolute Gasteiger partial charge is 0.345 e. The van der Waals surface area contributed by atoms with Gasteiger partial charge in [-0.2, -0.15) is 4.31 Å². The van der Waals surface area contributed by atoms with E-state index < -0.39 is 15.9 Å². The number of unbranched alkanes of at least 4 members (excludes halogenated alkanes) is 1. The van der Waals surface area contributed by atoms with Crippen LogP contribution in [0, 0.1) is 0 Å². The summed E-state index contributed by atoms with van der Waals surface area (Å²) in [6.45, 7) is 7.06. The molecule has 36 heavy (non-hydrogen) atoms. The SMILES string of the molecule is CCCCN(CC)S(=O)(=O)c1ccc(C(=O)Nc2sc3c(c2C(=O)N(C)C)CCN(C(C)=O)C3)cc1. The van der Waals surface area contributed by atoms with Crippen LogP contribution in [-0.2, 0) is 27.8 Å². The molecule has 2 aromatic rings. The van der Waals surface area contributed by atoms with Crippen molar-refractivity contribution in [1.29, 1.82) is 0 Å². The maximum atomic E-state index is 13.1. The lowest BCUT2D eigenvalue weighted by molar-refractivity contribution is -0.129. The maximum absolute atomic E-state index is 13.1. The Morgan fingerprint density at radius 1 is 1.11 bits per heavy atom. The van der Waals surface area contributed by atoms with E-state index in [-0.39, 0.29) is 22.3 Å². The highest BCUT2D eigenvalue weighted by atomic mass is 32.2. The molecule has 0 spiro atoms. The number of carbonyl (C=O) groups excluding carboxylic acids is 3. The van der Waals surface area contributed by atoms with Gasteiger partial charge in [0.1, 0.15) is 5.00 Å². The van der Waals surface area contributed by atoms with Gasteiger partial charge in [0.25, 0.3) is 11.8 Å². The van der Waals surface area contributed by atoms with E-state index in [0.717, 1.165) is 23.3 Å². The molecule has 0 aliphatic carbocycles. The van der Waals surface area contributed by atoms with Gasteiger partial charge in [-0.25, -0.2) is 8.42 Å². The Kier molecular flexibility index (Phi) is 8.91. The van der Waals surface area contributed by atoms with Crippen LogP contribution >= 0.6 is 11.3 Å². The third-order valence-corrected chi connectivity index (χ3v) is 9.34. The molecule has 1 N–H and O–H groups in total. The predicted molar refractivity (Wildman–Crippen MR) is 141 cm³/mol. The summed E-state index contributed by atoms with van der Waals surface area (Å²) in [6, 6.07) is 5.84. The molecule has 1 aromatic carbocycles. The molecule has 3 amide bonds. The van der Waals surface area contributed by atoms with Crippen molar-refractivity contribution in [2.75, 3.05) is 39.0 Å². The maximum Gasteiger partial charge on any atom is 0.256 e. The molecule has 0 fully saturated rings. The van der Waals surface area contributed by atoms with Gasteiger partial charge in [-0.1, -0.05) is 20.3 Å². The molecule has 196 valence electrons.